The maximum atomic E-state index is 12.0. The molecule has 0 spiro atoms. The van der Waals surface area contributed by atoms with Gasteiger partial charge in [-0.1, -0.05) is 30.3 Å². The number of nitrogens with zero attached hydrogens (tertiary/aromatic N) is 1. The maximum absolute atomic E-state index is 12.0. The molecule has 98 valence electrons. The second-order valence-corrected chi connectivity index (χ2v) is 4.47. The third-order valence-electron chi connectivity index (χ3n) is 3.01. The summed E-state index contributed by atoms with van der Waals surface area (Å²) in [5, 5.41) is 2.87. The molecule has 0 aliphatic heterocycles. The molecule has 1 unspecified atom stereocenters. The lowest BCUT2D eigenvalue weighted by molar-refractivity contribution is 0.0939. The van der Waals surface area contributed by atoms with E-state index in [9.17, 15) is 9.59 Å². The molecule has 1 heterocycles. The van der Waals surface area contributed by atoms with E-state index in [2.05, 4.69) is 5.32 Å². The van der Waals surface area contributed by atoms with Crippen molar-refractivity contribution in [3.63, 3.8) is 0 Å². The van der Waals surface area contributed by atoms with Gasteiger partial charge in [-0.25, -0.2) is 0 Å². The van der Waals surface area contributed by atoms with E-state index >= 15 is 0 Å². The monoisotopic (exact) mass is 256 g/mol. The predicted octanol–water partition coefficient (Wildman–Crippen LogP) is 1.88. The van der Waals surface area contributed by atoms with Gasteiger partial charge in [0.25, 0.3) is 11.5 Å². The summed E-state index contributed by atoms with van der Waals surface area (Å²) in [5.41, 5.74) is 1.21. The van der Waals surface area contributed by atoms with Gasteiger partial charge in [-0.15, -0.1) is 0 Å². The Hall–Kier alpha value is -2.36. The van der Waals surface area contributed by atoms with E-state index in [4.69, 9.17) is 0 Å². The van der Waals surface area contributed by atoms with E-state index in [1.54, 1.807) is 19.3 Å². The molecule has 0 aliphatic rings. The molecule has 19 heavy (non-hydrogen) atoms. The van der Waals surface area contributed by atoms with E-state index in [1.165, 1.54) is 10.6 Å². The Kier molecular flexibility index (Phi) is 3.80. The van der Waals surface area contributed by atoms with Crippen LogP contribution in [0.2, 0.25) is 0 Å². The molecule has 1 aromatic heterocycles. The summed E-state index contributed by atoms with van der Waals surface area (Å²) in [6.07, 6.45) is 1.59. The van der Waals surface area contributed by atoms with Crippen molar-refractivity contribution < 1.29 is 4.79 Å². The quantitative estimate of drug-likeness (QED) is 0.911. The van der Waals surface area contributed by atoms with Crippen molar-refractivity contribution in [2.75, 3.05) is 0 Å². The van der Waals surface area contributed by atoms with Crippen molar-refractivity contribution in [3.8, 4) is 0 Å². The number of aromatic nitrogens is 1. The summed E-state index contributed by atoms with van der Waals surface area (Å²) in [6.45, 7) is 1.91. The smallest absolute Gasteiger partial charge is 0.252 e. The number of nitrogens with one attached hydrogen (secondary N) is 1. The van der Waals surface area contributed by atoms with Gasteiger partial charge in [-0.2, -0.15) is 0 Å². The minimum Gasteiger partial charge on any atom is -0.346 e. The maximum Gasteiger partial charge on any atom is 0.252 e. The number of hydrogen-bond acceptors (Lipinski definition) is 2. The molecule has 2 rings (SSSR count). The van der Waals surface area contributed by atoms with E-state index in [0.29, 0.717) is 5.56 Å². The van der Waals surface area contributed by atoms with Crippen molar-refractivity contribution in [3.05, 3.63) is 70.1 Å². The minimum absolute atomic E-state index is 0.0993. The second-order valence-electron chi connectivity index (χ2n) is 4.47. The van der Waals surface area contributed by atoms with Gasteiger partial charge in [0.15, 0.2) is 0 Å². The third kappa shape index (κ3) is 3.10. The highest BCUT2D eigenvalue weighted by Crippen LogP contribution is 2.11. The Bertz CT molecular complexity index is 632. The summed E-state index contributed by atoms with van der Waals surface area (Å²) in [4.78, 5) is 23.5. The zero-order chi connectivity index (χ0) is 13.8. The predicted molar refractivity (Wildman–Crippen MR) is 74.0 cm³/mol. The molecule has 2 aromatic rings. The molecule has 1 N–H and O–H groups in total. The summed E-state index contributed by atoms with van der Waals surface area (Å²) in [7, 11) is 1.65. The summed E-state index contributed by atoms with van der Waals surface area (Å²) in [6, 6.07) is 12.6. The zero-order valence-corrected chi connectivity index (χ0v) is 11.0. The Balaban J connectivity index is 2.13. The van der Waals surface area contributed by atoms with Gasteiger partial charge in [0.2, 0.25) is 0 Å². The van der Waals surface area contributed by atoms with Crippen LogP contribution in [-0.4, -0.2) is 10.5 Å². The highest BCUT2D eigenvalue weighted by molar-refractivity contribution is 5.94. The SMILES string of the molecule is CC(NC(=O)c1ccn(C)c(=O)c1)c1ccccc1. The van der Waals surface area contributed by atoms with Gasteiger partial charge in [0.1, 0.15) is 0 Å². The molecular weight excluding hydrogens is 240 g/mol. The van der Waals surface area contributed by atoms with Crippen LogP contribution >= 0.6 is 0 Å². The van der Waals surface area contributed by atoms with Crippen LogP contribution in [0.25, 0.3) is 0 Å². The highest BCUT2D eigenvalue weighted by atomic mass is 16.2. The van der Waals surface area contributed by atoms with E-state index < -0.39 is 0 Å². The number of benzene rings is 1. The van der Waals surface area contributed by atoms with Crippen LogP contribution < -0.4 is 10.9 Å². The summed E-state index contributed by atoms with van der Waals surface area (Å²) in [5.74, 6) is -0.242. The molecule has 1 aromatic carbocycles. The van der Waals surface area contributed by atoms with E-state index in [1.807, 2.05) is 37.3 Å². The number of pyridine rings is 1. The van der Waals surface area contributed by atoms with Gasteiger partial charge in [0.05, 0.1) is 6.04 Å². The summed E-state index contributed by atoms with van der Waals surface area (Å²) >= 11 is 0. The van der Waals surface area contributed by atoms with Crippen molar-refractivity contribution in [2.45, 2.75) is 13.0 Å². The molecule has 0 aliphatic carbocycles. The van der Waals surface area contributed by atoms with Crippen LogP contribution in [-0.2, 0) is 7.05 Å². The van der Waals surface area contributed by atoms with E-state index in [0.717, 1.165) is 5.56 Å². The first-order chi connectivity index (χ1) is 9.08. The zero-order valence-electron chi connectivity index (χ0n) is 11.0. The van der Waals surface area contributed by atoms with Gasteiger partial charge < -0.3 is 9.88 Å². The lowest BCUT2D eigenvalue weighted by Gasteiger charge is -2.14. The number of amides is 1. The molecule has 0 bridgehead atoms. The first kappa shape index (κ1) is 13.1. The summed E-state index contributed by atoms with van der Waals surface area (Å²) < 4.78 is 1.43. The normalized spacial score (nSPS) is 11.9. The third-order valence-corrected chi connectivity index (χ3v) is 3.01. The van der Waals surface area contributed by atoms with Gasteiger partial charge >= 0.3 is 0 Å². The van der Waals surface area contributed by atoms with Crippen LogP contribution in [0.15, 0.2) is 53.5 Å². The average Bonchev–Trinajstić information content (AvgIpc) is 2.42. The van der Waals surface area contributed by atoms with Crippen molar-refractivity contribution in [1.29, 1.82) is 0 Å². The van der Waals surface area contributed by atoms with Crippen LogP contribution in [0.5, 0.6) is 0 Å². The van der Waals surface area contributed by atoms with Gasteiger partial charge in [-0.3, -0.25) is 9.59 Å². The van der Waals surface area contributed by atoms with Gasteiger partial charge in [0, 0.05) is 24.9 Å². The van der Waals surface area contributed by atoms with Crippen molar-refractivity contribution in [2.24, 2.45) is 7.05 Å². The number of carbonyl (C=O) groups is 1. The van der Waals surface area contributed by atoms with Crippen LogP contribution in [0.3, 0.4) is 0 Å². The average molecular weight is 256 g/mol. The largest absolute Gasteiger partial charge is 0.346 e. The minimum atomic E-state index is -0.242. The second kappa shape index (κ2) is 5.52. The number of carbonyl (C=O) groups excluding carboxylic acids is 1. The fourth-order valence-electron chi connectivity index (χ4n) is 1.79. The number of rotatable bonds is 3. The number of aryl methyl sites for hydroxylation is 1. The van der Waals surface area contributed by atoms with E-state index in [-0.39, 0.29) is 17.5 Å². The Morgan fingerprint density at radius 1 is 1.21 bits per heavy atom. The van der Waals surface area contributed by atoms with Gasteiger partial charge in [-0.05, 0) is 18.6 Å². The van der Waals surface area contributed by atoms with Crippen LogP contribution in [0.4, 0.5) is 0 Å². The molecular formula is C15H16N2O2. The first-order valence-electron chi connectivity index (χ1n) is 6.10. The highest BCUT2D eigenvalue weighted by Gasteiger charge is 2.11. The standard InChI is InChI=1S/C15H16N2O2/c1-11(12-6-4-3-5-7-12)16-15(19)13-8-9-17(2)14(18)10-13/h3-11H,1-2H3,(H,16,19). The molecule has 0 fully saturated rings. The molecule has 0 saturated carbocycles. The Morgan fingerprint density at radius 3 is 2.53 bits per heavy atom. The molecule has 0 saturated heterocycles. The molecule has 1 amide bonds. The van der Waals surface area contributed by atoms with Crippen molar-refractivity contribution in [1.82, 2.24) is 9.88 Å². The molecule has 4 heteroatoms. The lowest BCUT2D eigenvalue weighted by atomic mass is 10.1. The molecule has 0 radical (unpaired) electrons. The lowest BCUT2D eigenvalue weighted by Crippen LogP contribution is -2.28. The first-order valence-corrected chi connectivity index (χ1v) is 6.10. The van der Waals surface area contributed by atoms with Crippen molar-refractivity contribution >= 4 is 5.91 Å². The Labute approximate surface area is 111 Å². The van der Waals surface area contributed by atoms with Crippen LogP contribution in [0.1, 0.15) is 28.9 Å². The fraction of sp³-hybridized carbons (Fsp3) is 0.200. The molecule has 1 atom stereocenters. The molecule has 4 nitrogen and oxygen atoms in total. The Morgan fingerprint density at radius 2 is 1.89 bits per heavy atom. The fourth-order valence-corrected chi connectivity index (χ4v) is 1.79. The van der Waals surface area contributed by atoms with Crippen LogP contribution in [0, 0.1) is 0 Å². The topological polar surface area (TPSA) is 51.1 Å². The number of hydrogen-bond donors (Lipinski definition) is 1.